The molecule has 1 N–H and O–H groups in total. The quantitative estimate of drug-likeness (QED) is 0.580. The van der Waals surface area contributed by atoms with Gasteiger partial charge in [0.05, 0.1) is 10.5 Å². The van der Waals surface area contributed by atoms with E-state index >= 15 is 0 Å². The van der Waals surface area contributed by atoms with Crippen LogP contribution in [-0.2, 0) is 4.79 Å². The minimum atomic E-state index is 0.0160. The minimum Gasteiger partial charge on any atom is -0.326 e. The topological polar surface area (TPSA) is 42.0 Å². The van der Waals surface area contributed by atoms with Gasteiger partial charge in [-0.3, -0.25) is 4.79 Å². The number of amides is 1. The van der Waals surface area contributed by atoms with E-state index in [1.165, 1.54) is 10.9 Å². The van der Waals surface area contributed by atoms with Gasteiger partial charge in [0.2, 0.25) is 5.91 Å². The van der Waals surface area contributed by atoms with E-state index in [4.69, 9.17) is 0 Å². The van der Waals surface area contributed by atoms with Gasteiger partial charge < -0.3 is 5.32 Å². The van der Waals surface area contributed by atoms with E-state index in [0.717, 1.165) is 20.7 Å². The Hall–Kier alpha value is -1.85. The van der Waals surface area contributed by atoms with E-state index in [9.17, 15) is 4.79 Å². The maximum atomic E-state index is 12.0. The van der Waals surface area contributed by atoms with Crippen LogP contribution in [0.3, 0.4) is 0 Å². The summed E-state index contributed by atoms with van der Waals surface area (Å²) < 4.78 is 0.994. The number of halogens is 1. The summed E-state index contributed by atoms with van der Waals surface area (Å²) in [5.41, 5.74) is 3.02. The van der Waals surface area contributed by atoms with Gasteiger partial charge in [0, 0.05) is 27.7 Å². The Bertz CT molecular complexity index is 865. The molecule has 0 radical (unpaired) electrons. The van der Waals surface area contributed by atoms with Crippen molar-refractivity contribution in [2.24, 2.45) is 0 Å². The number of nitrogens with one attached hydrogen (secondary N) is 1. The first-order valence-corrected chi connectivity index (χ1v) is 9.44. The van der Waals surface area contributed by atoms with Crippen LogP contribution in [0.15, 0.2) is 64.1 Å². The number of para-hydroxylation sites is 1. The van der Waals surface area contributed by atoms with Crippen LogP contribution in [0.1, 0.15) is 12.0 Å². The molecule has 0 atom stereocenters. The van der Waals surface area contributed by atoms with Crippen molar-refractivity contribution in [1.82, 2.24) is 4.98 Å². The van der Waals surface area contributed by atoms with Crippen LogP contribution in [0.5, 0.6) is 0 Å². The van der Waals surface area contributed by atoms with Gasteiger partial charge in [-0.25, -0.2) is 4.98 Å². The van der Waals surface area contributed by atoms with E-state index in [-0.39, 0.29) is 5.91 Å². The molecule has 0 saturated carbocycles. The van der Waals surface area contributed by atoms with Gasteiger partial charge >= 0.3 is 0 Å². The number of carbonyl (C=O) groups is 1. The Morgan fingerprint density at radius 3 is 2.71 bits per heavy atom. The van der Waals surface area contributed by atoms with Crippen molar-refractivity contribution in [1.29, 1.82) is 0 Å². The summed E-state index contributed by atoms with van der Waals surface area (Å²) in [5, 5.41) is 5.04. The van der Waals surface area contributed by atoms with Gasteiger partial charge in [0.1, 0.15) is 0 Å². The fourth-order valence-electron chi connectivity index (χ4n) is 2.40. The fraction of sp³-hybridized carbons (Fsp3) is 0.158. The number of rotatable bonds is 5. The fourth-order valence-corrected chi connectivity index (χ4v) is 3.58. The molecule has 0 bridgehead atoms. The van der Waals surface area contributed by atoms with Crippen molar-refractivity contribution in [2.45, 2.75) is 18.4 Å². The van der Waals surface area contributed by atoms with Crippen LogP contribution < -0.4 is 5.32 Å². The predicted molar refractivity (Wildman–Crippen MR) is 105 cm³/mol. The SMILES string of the molecule is Cc1cc(SCCC(=O)Nc2ccc(Br)cc2)nc2ccccc12. The molecule has 1 amide bonds. The zero-order valence-corrected chi connectivity index (χ0v) is 15.7. The second-order valence-corrected chi connectivity index (χ2v) is 7.48. The van der Waals surface area contributed by atoms with Crippen molar-refractivity contribution in [3.8, 4) is 0 Å². The zero-order valence-electron chi connectivity index (χ0n) is 13.3. The Morgan fingerprint density at radius 2 is 1.92 bits per heavy atom. The predicted octanol–water partition coefficient (Wildman–Crippen LogP) is 5.43. The molecule has 24 heavy (non-hydrogen) atoms. The number of nitrogens with zero attached hydrogens (tertiary/aromatic N) is 1. The molecule has 122 valence electrons. The van der Waals surface area contributed by atoms with Crippen LogP contribution in [0.25, 0.3) is 10.9 Å². The van der Waals surface area contributed by atoms with Crippen molar-refractivity contribution in [3.05, 3.63) is 64.6 Å². The molecule has 0 aliphatic heterocycles. The summed E-state index contributed by atoms with van der Waals surface area (Å²) in [7, 11) is 0. The van der Waals surface area contributed by atoms with E-state index in [1.807, 2.05) is 42.5 Å². The Balaban J connectivity index is 1.56. The lowest BCUT2D eigenvalue weighted by Crippen LogP contribution is -2.12. The molecule has 0 spiro atoms. The lowest BCUT2D eigenvalue weighted by Gasteiger charge is -2.07. The van der Waals surface area contributed by atoms with E-state index in [0.29, 0.717) is 12.2 Å². The largest absolute Gasteiger partial charge is 0.326 e. The highest BCUT2D eigenvalue weighted by molar-refractivity contribution is 9.10. The third kappa shape index (κ3) is 4.36. The number of anilines is 1. The number of carbonyl (C=O) groups excluding carboxylic acids is 1. The maximum Gasteiger partial charge on any atom is 0.225 e. The average molecular weight is 401 g/mol. The molecule has 0 aliphatic rings. The van der Waals surface area contributed by atoms with Crippen molar-refractivity contribution in [3.63, 3.8) is 0 Å². The van der Waals surface area contributed by atoms with Gasteiger partial charge in [-0.2, -0.15) is 0 Å². The van der Waals surface area contributed by atoms with Crippen LogP contribution in [0.2, 0.25) is 0 Å². The third-order valence-electron chi connectivity index (χ3n) is 3.61. The summed E-state index contributed by atoms with van der Waals surface area (Å²) in [6, 6.07) is 17.8. The molecule has 5 heteroatoms. The Morgan fingerprint density at radius 1 is 1.17 bits per heavy atom. The summed E-state index contributed by atoms with van der Waals surface area (Å²) >= 11 is 4.99. The molecule has 0 aliphatic carbocycles. The molecule has 0 fully saturated rings. The van der Waals surface area contributed by atoms with Crippen LogP contribution >= 0.6 is 27.7 Å². The number of thioether (sulfide) groups is 1. The second kappa shape index (κ2) is 7.81. The van der Waals surface area contributed by atoms with Crippen LogP contribution in [0, 0.1) is 6.92 Å². The standard InChI is InChI=1S/C19H17BrN2OS/c1-13-12-19(22-17-5-3-2-4-16(13)17)24-11-10-18(23)21-15-8-6-14(20)7-9-15/h2-9,12H,10-11H2,1H3,(H,21,23). The molecule has 1 aromatic heterocycles. The number of hydrogen-bond acceptors (Lipinski definition) is 3. The molecule has 3 rings (SSSR count). The maximum absolute atomic E-state index is 12.0. The van der Waals surface area contributed by atoms with E-state index in [2.05, 4.69) is 45.3 Å². The van der Waals surface area contributed by atoms with E-state index < -0.39 is 0 Å². The summed E-state index contributed by atoms with van der Waals surface area (Å²) in [5.74, 6) is 0.718. The van der Waals surface area contributed by atoms with Gasteiger partial charge in [-0.05, 0) is 48.9 Å². The summed E-state index contributed by atoms with van der Waals surface area (Å²) in [4.78, 5) is 16.7. The monoisotopic (exact) mass is 400 g/mol. The van der Waals surface area contributed by atoms with Crippen LogP contribution in [-0.4, -0.2) is 16.6 Å². The number of aryl methyl sites for hydroxylation is 1. The highest BCUT2D eigenvalue weighted by Gasteiger charge is 2.06. The molecule has 3 aromatic rings. The van der Waals surface area contributed by atoms with E-state index in [1.54, 1.807) is 11.8 Å². The van der Waals surface area contributed by atoms with Gasteiger partial charge in [0.25, 0.3) is 0 Å². The van der Waals surface area contributed by atoms with Crippen molar-refractivity contribution < 1.29 is 4.79 Å². The number of fused-ring (bicyclic) bond motifs is 1. The summed E-state index contributed by atoms with van der Waals surface area (Å²) in [6.45, 7) is 2.09. The molecular weight excluding hydrogens is 384 g/mol. The molecule has 1 heterocycles. The molecule has 0 saturated heterocycles. The first-order valence-electron chi connectivity index (χ1n) is 7.66. The number of pyridine rings is 1. The van der Waals surface area contributed by atoms with Gasteiger partial charge in [0.15, 0.2) is 0 Å². The number of benzene rings is 2. The highest BCUT2D eigenvalue weighted by Crippen LogP contribution is 2.24. The minimum absolute atomic E-state index is 0.0160. The first kappa shape index (κ1) is 17.0. The molecule has 0 unspecified atom stereocenters. The Labute approximate surface area is 154 Å². The average Bonchev–Trinajstić information content (AvgIpc) is 2.57. The van der Waals surface area contributed by atoms with Crippen molar-refractivity contribution >= 4 is 50.2 Å². The van der Waals surface area contributed by atoms with Crippen molar-refractivity contribution in [2.75, 3.05) is 11.1 Å². The smallest absolute Gasteiger partial charge is 0.225 e. The highest BCUT2D eigenvalue weighted by atomic mass is 79.9. The van der Waals surface area contributed by atoms with Gasteiger partial charge in [-0.1, -0.05) is 34.1 Å². The Kier molecular flexibility index (Phi) is 5.53. The van der Waals surface area contributed by atoms with Gasteiger partial charge in [-0.15, -0.1) is 11.8 Å². The summed E-state index contributed by atoms with van der Waals surface area (Å²) in [6.07, 6.45) is 0.453. The number of hydrogen-bond donors (Lipinski definition) is 1. The first-order chi connectivity index (χ1) is 11.6. The second-order valence-electron chi connectivity index (χ2n) is 5.45. The van der Waals surface area contributed by atoms with Crippen LogP contribution in [0.4, 0.5) is 5.69 Å². The molecular formula is C19H17BrN2OS. The zero-order chi connectivity index (χ0) is 16.9. The lowest BCUT2D eigenvalue weighted by molar-refractivity contribution is -0.115. The lowest BCUT2D eigenvalue weighted by atomic mass is 10.1. The third-order valence-corrected chi connectivity index (χ3v) is 5.05. The molecule has 2 aromatic carbocycles. The number of aromatic nitrogens is 1. The normalized spacial score (nSPS) is 10.8. The molecule has 3 nitrogen and oxygen atoms in total.